The topological polar surface area (TPSA) is 30.2 Å². The van der Waals surface area contributed by atoms with Crippen LogP contribution in [-0.4, -0.2) is 5.78 Å². The van der Waals surface area contributed by atoms with Crippen LogP contribution in [0.25, 0.3) is 11.0 Å². The van der Waals surface area contributed by atoms with Gasteiger partial charge in [0.15, 0.2) is 11.3 Å². The molecule has 3 rings (SSSR count). The number of Topliss-reactive ketones (excluding diaryl/α,β-unsaturated/α-hetero) is 1. The first-order chi connectivity index (χ1) is 9.69. The normalized spacial score (nSPS) is 23.1. The number of para-hydroxylation sites is 1. The van der Waals surface area contributed by atoms with Crippen LogP contribution in [0.1, 0.15) is 49.6 Å². The number of furan rings is 1. The molecule has 1 fully saturated rings. The van der Waals surface area contributed by atoms with Crippen LogP contribution in [0.3, 0.4) is 0 Å². The van der Waals surface area contributed by atoms with Crippen molar-refractivity contribution in [1.29, 1.82) is 0 Å². The lowest BCUT2D eigenvalue weighted by molar-refractivity contribution is 0.0844. The van der Waals surface area contributed by atoms with Crippen LogP contribution in [0.5, 0.6) is 0 Å². The van der Waals surface area contributed by atoms with Crippen molar-refractivity contribution in [3.8, 4) is 0 Å². The Bertz CT molecular complexity index is 621. The second-order valence-electron chi connectivity index (χ2n) is 5.76. The molecule has 1 aromatic carbocycles. The van der Waals surface area contributed by atoms with Crippen LogP contribution in [-0.2, 0) is 0 Å². The largest absolute Gasteiger partial charge is 0.451 e. The fraction of sp³-hybridized carbons (Fsp3) is 0.471. The predicted molar refractivity (Wildman–Crippen MR) is 81.3 cm³/mol. The summed E-state index contributed by atoms with van der Waals surface area (Å²) in [5.74, 6) is 1.53. The summed E-state index contributed by atoms with van der Waals surface area (Å²) < 4.78 is 5.69. The van der Waals surface area contributed by atoms with Crippen LogP contribution in [0.2, 0.25) is 5.02 Å². The van der Waals surface area contributed by atoms with E-state index in [1.807, 2.05) is 18.2 Å². The smallest absolute Gasteiger partial charge is 0.201 e. The molecule has 20 heavy (non-hydrogen) atoms. The Morgan fingerprint density at radius 1 is 1.30 bits per heavy atom. The summed E-state index contributed by atoms with van der Waals surface area (Å²) >= 11 is 6.09. The Kier molecular flexibility index (Phi) is 3.84. The molecule has 1 saturated carbocycles. The molecule has 0 saturated heterocycles. The van der Waals surface area contributed by atoms with E-state index in [1.54, 1.807) is 6.07 Å². The summed E-state index contributed by atoms with van der Waals surface area (Å²) in [6.45, 7) is 2.23. The van der Waals surface area contributed by atoms with Gasteiger partial charge in [-0.15, -0.1) is 0 Å². The molecule has 0 amide bonds. The summed E-state index contributed by atoms with van der Waals surface area (Å²) in [4.78, 5) is 12.5. The average Bonchev–Trinajstić information content (AvgIpc) is 2.92. The van der Waals surface area contributed by atoms with Gasteiger partial charge in [0.05, 0.1) is 5.02 Å². The summed E-state index contributed by atoms with van der Waals surface area (Å²) in [5, 5.41) is 1.47. The summed E-state index contributed by atoms with van der Waals surface area (Å²) in [7, 11) is 0. The van der Waals surface area contributed by atoms with Crippen molar-refractivity contribution in [3.63, 3.8) is 0 Å². The molecule has 1 aliphatic rings. The van der Waals surface area contributed by atoms with Gasteiger partial charge in [-0.2, -0.15) is 0 Å². The van der Waals surface area contributed by atoms with Crippen molar-refractivity contribution in [1.82, 2.24) is 0 Å². The molecule has 2 nitrogen and oxygen atoms in total. The summed E-state index contributed by atoms with van der Waals surface area (Å²) in [6.07, 6.45) is 5.52. The third kappa shape index (κ3) is 2.49. The molecule has 0 unspecified atom stereocenters. The zero-order valence-corrected chi connectivity index (χ0v) is 12.5. The SMILES string of the molecule is CCC1CCC(C(=O)c2cc3cccc(Cl)c3o2)CC1. The molecule has 0 aliphatic heterocycles. The molecule has 1 aliphatic carbocycles. The molecule has 2 aromatic rings. The number of hydrogen-bond donors (Lipinski definition) is 0. The van der Waals surface area contributed by atoms with Crippen LogP contribution in [0.15, 0.2) is 28.7 Å². The average molecular weight is 291 g/mol. The van der Waals surface area contributed by atoms with Gasteiger partial charge in [-0.05, 0) is 43.7 Å². The first-order valence-corrected chi connectivity index (χ1v) is 7.79. The van der Waals surface area contributed by atoms with E-state index in [1.165, 1.54) is 6.42 Å². The van der Waals surface area contributed by atoms with Crippen molar-refractivity contribution < 1.29 is 9.21 Å². The van der Waals surface area contributed by atoms with Crippen molar-refractivity contribution in [2.75, 3.05) is 0 Å². The molecule has 1 heterocycles. The van der Waals surface area contributed by atoms with E-state index in [2.05, 4.69) is 6.92 Å². The highest BCUT2D eigenvalue weighted by Crippen LogP contribution is 2.34. The van der Waals surface area contributed by atoms with Crippen molar-refractivity contribution >= 4 is 28.4 Å². The molecular weight excluding hydrogens is 272 g/mol. The van der Waals surface area contributed by atoms with Crippen LogP contribution < -0.4 is 0 Å². The Morgan fingerprint density at radius 2 is 2.05 bits per heavy atom. The standard InChI is InChI=1S/C17H19ClO2/c1-2-11-6-8-12(9-7-11)16(19)15-10-13-4-3-5-14(18)17(13)20-15/h3-5,10-12H,2,6-9H2,1H3. The van der Waals surface area contributed by atoms with Crippen LogP contribution in [0.4, 0.5) is 0 Å². The van der Waals surface area contributed by atoms with Gasteiger partial charge in [-0.1, -0.05) is 37.1 Å². The lowest BCUT2D eigenvalue weighted by atomic mass is 9.78. The first kappa shape index (κ1) is 13.7. The van der Waals surface area contributed by atoms with E-state index in [0.29, 0.717) is 16.4 Å². The highest BCUT2D eigenvalue weighted by atomic mass is 35.5. The number of hydrogen-bond acceptors (Lipinski definition) is 2. The molecular formula is C17H19ClO2. The maximum absolute atomic E-state index is 12.5. The quantitative estimate of drug-likeness (QED) is 0.700. The molecule has 0 N–H and O–H groups in total. The van der Waals surface area contributed by atoms with E-state index in [-0.39, 0.29) is 11.7 Å². The Hall–Kier alpha value is -1.28. The van der Waals surface area contributed by atoms with E-state index in [4.69, 9.17) is 16.0 Å². The first-order valence-electron chi connectivity index (χ1n) is 7.41. The fourth-order valence-corrected chi connectivity index (χ4v) is 3.40. The van der Waals surface area contributed by atoms with Gasteiger partial charge in [0.1, 0.15) is 0 Å². The Morgan fingerprint density at radius 3 is 2.70 bits per heavy atom. The maximum Gasteiger partial charge on any atom is 0.201 e. The van der Waals surface area contributed by atoms with Crippen LogP contribution >= 0.6 is 11.6 Å². The van der Waals surface area contributed by atoms with Crippen molar-refractivity contribution in [2.45, 2.75) is 39.0 Å². The van der Waals surface area contributed by atoms with Gasteiger partial charge in [0.25, 0.3) is 0 Å². The number of carbonyl (C=O) groups is 1. The zero-order chi connectivity index (χ0) is 14.1. The Labute approximate surface area is 124 Å². The minimum absolute atomic E-state index is 0.122. The summed E-state index contributed by atoms with van der Waals surface area (Å²) in [6, 6.07) is 7.42. The molecule has 3 heteroatoms. The van der Waals surface area contributed by atoms with E-state index in [0.717, 1.165) is 37.0 Å². The number of carbonyl (C=O) groups excluding carboxylic acids is 1. The van der Waals surface area contributed by atoms with Crippen molar-refractivity contribution in [3.05, 3.63) is 35.0 Å². The van der Waals surface area contributed by atoms with Crippen molar-refractivity contribution in [2.24, 2.45) is 11.8 Å². The zero-order valence-electron chi connectivity index (χ0n) is 11.7. The van der Waals surface area contributed by atoms with Crippen LogP contribution in [0, 0.1) is 11.8 Å². The molecule has 1 aromatic heterocycles. The van der Waals surface area contributed by atoms with Gasteiger partial charge in [-0.3, -0.25) is 4.79 Å². The Balaban J connectivity index is 1.81. The maximum atomic E-state index is 12.5. The molecule has 0 spiro atoms. The van der Waals surface area contributed by atoms with E-state index >= 15 is 0 Å². The number of ketones is 1. The lowest BCUT2D eigenvalue weighted by Gasteiger charge is -2.26. The highest BCUT2D eigenvalue weighted by molar-refractivity contribution is 6.34. The minimum Gasteiger partial charge on any atom is -0.451 e. The van der Waals surface area contributed by atoms with E-state index in [9.17, 15) is 4.79 Å². The lowest BCUT2D eigenvalue weighted by Crippen LogP contribution is -2.21. The highest BCUT2D eigenvalue weighted by Gasteiger charge is 2.28. The minimum atomic E-state index is 0.122. The number of halogens is 1. The predicted octanol–water partition coefficient (Wildman–Crippen LogP) is 5.49. The second-order valence-corrected chi connectivity index (χ2v) is 6.17. The monoisotopic (exact) mass is 290 g/mol. The van der Waals surface area contributed by atoms with Gasteiger partial charge in [-0.25, -0.2) is 0 Å². The van der Waals surface area contributed by atoms with Gasteiger partial charge in [0.2, 0.25) is 5.78 Å². The van der Waals surface area contributed by atoms with Gasteiger partial charge >= 0.3 is 0 Å². The third-order valence-corrected chi connectivity index (χ3v) is 4.83. The van der Waals surface area contributed by atoms with Gasteiger partial charge < -0.3 is 4.42 Å². The third-order valence-electron chi connectivity index (χ3n) is 4.53. The summed E-state index contributed by atoms with van der Waals surface area (Å²) in [5.41, 5.74) is 0.625. The fourth-order valence-electron chi connectivity index (χ4n) is 3.18. The number of rotatable bonds is 3. The molecule has 0 atom stereocenters. The number of benzene rings is 1. The van der Waals surface area contributed by atoms with Gasteiger partial charge in [0, 0.05) is 11.3 Å². The molecule has 0 bridgehead atoms. The van der Waals surface area contributed by atoms with E-state index < -0.39 is 0 Å². The number of fused-ring (bicyclic) bond motifs is 1. The molecule has 106 valence electrons. The molecule has 0 radical (unpaired) electrons. The second kappa shape index (κ2) is 5.61.